The van der Waals surface area contributed by atoms with Crippen LogP contribution in [0, 0.1) is 18.6 Å². The Bertz CT molecular complexity index is 599. The van der Waals surface area contributed by atoms with Crippen molar-refractivity contribution in [3.8, 4) is 0 Å². The Morgan fingerprint density at radius 2 is 1.84 bits per heavy atom. The number of hydrogen-bond donors (Lipinski definition) is 1. The quantitative estimate of drug-likeness (QED) is 0.898. The zero-order valence-corrected chi connectivity index (χ0v) is 11.2. The van der Waals surface area contributed by atoms with Gasteiger partial charge in [-0.3, -0.25) is 0 Å². The maximum Gasteiger partial charge on any atom is 0.159 e. The lowest BCUT2D eigenvalue weighted by Crippen LogP contribution is -2.15. The lowest BCUT2D eigenvalue weighted by molar-refractivity contribution is 0.506. The van der Waals surface area contributed by atoms with E-state index in [2.05, 4.69) is 0 Å². The molecule has 0 spiro atoms. The average molecular weight is 282 g/mol. The van der Waals surface area contributed by atoms with Gasteiger partial charge in [-0.25, -0.2) is 8.78 Å². The summed E-state index contributed by atoms with van der Waals surface area (Å²) in [5.74, 6) is -1.70. The lowest BCUT2D eigenvalue weighted by Gasteiger charge is -2.15. The SMILES string of the molecule is Cc1ccc(Cl)cc1C(N)Cc1ccc(F)c(F)c1. The highest BCUT2D eigenvalue weighted by molar-refractivity contribution is 6.30. The standard InChI is InChI=1S/C15H14ClF2N/c1-9-2-4-11(16)8-12(9)15(19)7-10-3-5-13(17)14(18)6-10/h2-6,8,15H,7,19H2,1H3. The molecule has 1 unspecified atom stereocenters. The molecule has 2 aromatic carbocycles. The van der Waals surface area contributed by atoms with Crippen LogP contribution in [0.4, 0.5) is 8.78 Å². The minimum Gasteiger partial charge on any atom is -0.324 e. The third-order valence-electron chi connectivity index (χ3n) is 3.08. The van der Waals surface area contributed by atoms with Gasteiger partial charge < -0.3 is 5.73 Å². The zero-order valence-electron chi connectivity index (χ0n) is 10.5. The van der Waals surface area contributed by atoms with Crippen molar-refractivity contribution in [3.63, 3.8) is 0 Å². The maximum absolute atomic E-state index is 13.1. The summed E-state index contributed by atoms with van der Waals surface area (Å²) in [6.07, 6.45) is 0.429. The van der Waals surface area contributed by atoms with Crippen molar-refractivity contribution in [1.29, 1.82) is 0 Å². The minimum atomic E-state index is -0.854. The Morgan fingerprint density at radius 3 is 2.53 bits per heavy atom. The van der Waals surface area contributed by atoms with Crippen LogP contribution < -0.4 is 5.73 Å². The fourth-order valence-electron chi connectivity index (χ4n) is 2.04. The molecule has 0 bridgehead atoms. The Kier molecular flexibility index (Phi) is 4.17. The molecule has 0 aliphatic carbocycles. The Hall–Kier alpha value is -1.45. The summed E-state index contributed by atoms with van der Waals surface area (Å²) >= 11 is 5.94. The van der Waals surface area contributed by atoms with Crippen molar-refractivity contribution in [2.75, 3.05) is 0 Å². The number of hydrogen-bond acceptors (Lipinski definition) is 1. The second-order valence-corrected chi connectivity index (χ2v) is 5.00. The van der Waals surface area contributed by atoms with E-state index in [1.54, 1.807) is 12.1 Å². The lowest BCUT2D eigenvalue weighted by atomic mass is 9.96. The second kappa shape index (κ2) is 5.68. The van der Waals surface area contributed by atoms with Crippen LogP contribution in [0.1, 0.15) is 22.7 Å². The van der Waals surface area contributed by atoms with Gasteiger partial charge in [-0.1, -0.05) is 23.7 Å². The fourth-order valence-corrected chi connectivity index (χ4v) is 2.22. The fraction of sp³-hybridized carbons (Fsp3) is 0.200. The first-order chi connectivity index (χ1) is 8.97. The number of nitrogens with two attached hydrogens (primary N) is 1. The molecule has 100 valence electrons. The van der Waals surface area contributed by atoms with E-state index in [-0.39, 0.29) is 6.04 Å². The number of aryl methyl sites for hydroxylation is 1. The molecule has 2 N–H and O–H groups in total. The summed E-state index contributed by atoms with van der Waals surface area (Å²) in [7, 11) is 0. The van der Waals surface area contributed by atoms with Crippen molar-refractivity contribution in [1.82, 2.24) is 0 Å². The Balaban J connectivity index is 2.22. The van der Waals surface area contributed by atoms with Crippen molar-refractivity contribution in [3.05, 3.63) is 69.7 Å². The third kappa shape index (κ3) is 3.31. The molecule has 2 aromatic rings. The zero-order chi connectivity index (χ0) is 14.0. The van der Waals surface area contributed by atoms with Gasteiger partial charge in [-0.05, 0) is 54.3 Å². The van der Waals surface area contributed by atoms with E-state index >= 15 is 0 Å². The van der Waals surface area contributed by atoms with E-state index in [0.29, 0.717) is 17.0 Å². The average Bonchev–Trinajstić information content (AvgIpc) is 2.36. The van der Waals surface area contributed by atoms with Gasteiger partial charge in [0, 0.05) is 11.1 Å². The molecule has 0 radical (unpaired) electrons. The van der Waals surface area contributed by atoms with E-state index in [0.717, 1.165) is 17.2 Å². The number of benzene rings is 2. The van der Waals surface area contributed by atoms with Gasteiger partial charge >= 0.3 is 0 Å². The highest BCUT2D eigenvalue weighted by atomic mass is 35.5. The Morgan fingerprint density at radius 1 is 1.11 bits per heavy atom. The molecule has 0 saturated carbocycles. The summed E-state index contributed by atoms with van der Waals surface area (Å²) in [5.41, 5.74) is 8.71. The summed E-state index contributed by atoms with van der Waals surface area (Å²) in [6.45, 7) is 1.94. The number of rotatable bonds is 3. The second-order valence-electron chi connectivity index (χ2n) is 4.56. The summed E-state index contributed by atoms with van der Waals surface area (Å²) in [4.78, 5) is 0. The normalized spacial score (nSPS) is 12.5. The van der Waals surface area contributed by atoms with Crippen LogP contribution in [0.2, 0.25) is 5.02 Å². The minimum absolute atomic E-state index is 0.302. The van der Waals surface area contributed by atoms with Crippen LogP contribution >= 0.6 is 11.6 Å². The van der Waals surface area contributed by atoms with Crippen molar-refractivity contribution >= 4 is 11.6 Å². The highest BCUT2D eigenvalue weighted by Crippen LogP contribution is 2.23. The molecule has 4 heteroatoms. The van der Waals surface area contributed by atoms with Crippen molar-refractivity contribution in [2.24, 2.45) is 5.73 Å². The maximum atomic E-state index is 13.1. The Labute approximate surface area is 116 Å². The topological polar surface area (TPSA) is 26.0 Å². The van der Waals surface area contributed by atoms with Crippen molar-refractivity contribution in [2.45, 2.75) is 19.4 Å². The van der Waals surface area contributed by atoms with Gasteiger partial charge in [0.2, 0.25) is 0 Å². The summed E-state index contributed by atoms with van der Waals surface area (Å²) < 4.78 is 26.0. The molecule has 0 heterocycles. The monoisotopic (exact) mass is 281 g/mol. The molecule has 1 atom stereocenters. The van der Waals surface area contributed by atoms with Crippen LogP contribution in [0.15, 0.2) is 36.4 Å². The van der Waals surface area contributed by atoms with Crippen LogP contribution in [0.25, 0.3) is 0 Å². The highest BCUT2D eigenvalue weighted by Gasteiger charge is 2.12. The molecule has 19 heavy (non-hydrogen) atoms. The summed E-state index contributed by atoms with van der Waals surface area (Å²) in [6, 6.07) is 9.02. The smallest absolute Gasteiger partial charge is 0.159 e. The molecule has 0 saturated heterocycles. The van der Waals surface area contributed by atoms with E-state index in [1.165, 1.54) is 12.1 Å². The molecule has 0 aromatic heterocycles. The molecule has 0 aliphatic heterocycles. The molecule has 0 aliphatic rings. The van der Waals surface area contributed by atoms with Gasteiger partial charge in [0.1, 0.15) is 0 Å². The van der Waals surface area contributed by atoms with Gasteiger partial charge in [-0.15, -0.1) is 0 Å². The first kappa shape index (κ1) is 14.0. The molecule has 1 nitrogen and oxygen atoms in total. The molecular formula is C15H14ClF2N. The van der Waals surface area contributed by atoms with E-state index in [1.807, 2.05) is 13.0 Å². The number of halogens is 3. The molecule has 0 amide bonds. The van der Waals surface area contributed by atoms with E-state index < -0.39 is 11.6 Å². The van der Waals surface area contributed by atoms with Crippen LogP contribution in [-0.4, -0.2) is 0 Å². The predicted molar refractivity (Wildman–Crippen MR) is 73.2 cm³/mol. The van der Waals surface area contributed by atoms with Crippen LogP contribution in [0.3, 0.4) is 0 Å². The van der Waals surface area contributed by atoms with Gasteiger partial charge in [0.25, 0.3) is 0 Å². The van der Waals surface area contributed by atoms with Crippen LogP contribution in [0.5, 0.6) is 0 Å². The first-order valence-corrected chi connectivity index (χ1v) is 6.30. The molecule has 2 rings (SSSR count). The summed E-state index contributed by atoms with van der Waals surface area (Å²) in [5, 5.41) is 0.612. The van der Waals surface area contributed by atoms with Gasteiger partial charge in [0.05, 0.1) is 0 Å². The van der Waals surface area contributed by atoms with Gasteiger partial charge in [-0.2, -0.15) is 0 Å². The van der Waals surface area contributed by atoms with Crippen molar-refractivity contribution < 1.29 is 8.78 Å². The van der Waals surface area contributed by atoms with E-state index in [4.69, 9.17) is 17.3 Å². The third-order valence-corrected chi connectivity index (χ3v) is 3.32. The van der Waals surface area contributed by atoms with E-state index in [9.17, 15) is 8.78 Å². The molecular weight excluding hydrogens is 268 g/mol. The largest absolute Gasteiger partial charge is 0.324 e. The first-order valence-electron chi connectivity index (χ1n) is 5.93. The predicted octanol–water partition coefficient (Wildman–Crippen LogP) is 4.17. The van der Waals surface area contributed by atoms with Crippen LogP contribution in [-0.2, 0) is 6.42 Å². The molecule has 0 fully saturated rings. The van der Waals surface area contributed by atoms with Gasteiger partial charge in [0.15, 0.2) is 11.6 Å².